The quantitative estimate of drug-likeness (QED) is 0.379. The van der Waals surface area contributed by atoms with Crippen molar-refractivity contribution in [1.29, 1.82) is 0 Å². The molecule has 5 nitrogen and oxygen atoms in total. The number of nitrogens with zero attached hydrogens (tertiary/aromatic N) is 2. The number of hydrogen-bond acceptors (Lipinski definition) is 3. The molecule has 0 saturated heterocycles. The topological polar surface area (TPSA) is 78.9 Å². The number of benzene rings is 1. The van der Waals surface area contributed by atoms with E-state index in [-0.39, 0.29) is 17.8 Å². The van der Waals surface area contributed by atoms with E-state index in [0.29, 0.717) is 12.8 Å². The molecule has 0 radical (unpaired) electrons. The van der Waals surface area contributed by atoms with E-state index in [1.165, 1.54) is 5.56 Å². The van der Waals surface area contributed by atoms with E-state index >= 15 is 0 Å². The maximum Gasteiger partial charge on any atom is 0.241 e. The first-order valence-corrected chi connectivity index (χ1v) is 7.50. The summed E-state index contributed by atoms with van der Waals surface area (Å²) in [5, 5.41) is 12.3. The van der Waals surface area contributed by atoms with Gasteiger partial charge >= 0.3 is 0 Å². The zero-order valence-electron chi connectivity index (χ0n) is 12.2. The number of oxime groups is 1. The Morgan fingerprint density at radius 2 is 2.05 bits per heavy atom. The summed E-state index contributed by atoms with van der Waals surface area (Å²) < 4.78 is 0. The molecule has 0 bridgehead atoms. The molecule has 3 N–H and O–H groups in total. The fraction of sp³-hybridized carbons (Fsp3) is 0.500. The zero-order valence-corrected chi connectivity index (χ0v) is 12.2. The average Bonchev–Trinajstić information content (AvgIpc) is 3.10. The average molecular weight is 287 g/mol. The number of rotatable bonds is 2. The molecule has 1 aliphatic heterocycles. The van der Waals surface area contributed by atoms with Crippen LogP contribution in [0.2, 0.25) is 0 Å². The third-order valence-electron chi connectivity index (χ3n) is 4.89. The van der Waals surface area contributed by atoms with Crippen molar-refractivity contribution < 1.29 is 10.0 Å². The number of nitrogens with two attached hydrogens (primary N) is 1. The van der Waals surface area contributed by atoms with Gasteiger partial charge in [0, 0.05) is 11.7 Å². The van der Waals surface area contributed by atoms with Gasteiger partial charge in [-0.25, -0.2) is 0 Å². The second kappa shape index (κ2) is 5.06. The van der Waals surface area contributed by atoms with Gasteiger partial charge in [-0.2, -0.15) is 0 Å². The van der Waals surface area contributed by atoms with Crippen molar-refractivity contribution in [1.82, 2.24) is 0 Å². The van der Waals surface area contributed by atoms with Crippen LogP contribution in [0.4, 0.5) is 5.69 Å². The molecule has 1 aromatic carbocycles. The fourth-order valence-corrected chi connectivity index (χ4v) is 3.76. The van der Waals surface area contributed by atoms with Gasteiger partial charge in [-0.15, -0.1) is 0 Å². The van der Waals surface area contributed by atoms with Crippen LogP contribution in [0.1, 0.15) is 38.2 Å². The van der Waals surface area contributed by atoms with Gasteiger partial charge in [0.15, 0.2) is 5.84 Å². The molecule has 0 aromatic heterocycles. The second-order valence-electron chi connectivity index (χ2n) is 6.13. The van der Waals surface area contributed by atoms with E-state index in [1.807, 2.05) is 30.0 Å². The first-order valence-electron chi connectivity index (χ1n) is 7.50. The number of carbonyl (C=O) groups excluding carboxylic acids is 1. The number of hydrogen-bond donors (Lipinski definition) is 2. The molecule has 5 heteroatoms. The van der Waals surface area contributed by atoms with Crippen LogP contribution < -0.4 is 10.6 Å². The number of carbonyl (C=O) groups is 1. The van der Waals surface area contributed by atoms with Gasteiger partial charge in [-0.3, -0.25) is 4.79 Å². The van der Waals surface area contributed by atoms with Crippen LogP contribution in [-0.4, -0.2) is 23.0 Å². The number of amidine groups is 1. The number of amides is 1. The Morgan fingerprint density at radius 1 is 1.38 bits per heavy atom. The minimum Gasteiger partial charge on any atom is -0.409 e. The Kier molecular flexibility index (Phi) is 3.35. The molecule has 3 rings (SSSR count). The van der Waals surface area contributed by atoms with Crippen LogP contribution in [0.25, 0.3) is 0 Å². The first-order chi connectivity index (χ1) is 10.1. The molecular weight excluding hydrogens is 266 g/mol. The predicted molar refractivity (Wildman–Crippen MR) is 81.4 cm³/mol. The number of anilines is 1. The van der Waals surface area contributed by atoms with Gasteiger partial charge in [-0.05, 0) is 37.8 Å². The van der Waals surface area contributed by atoms with Gasteiger partial charge in [0.1, 0.15) is 5.41 Å². The molecule has 1 unspecified atom stereocenters. The summed E-state index contributed by atoms with van der Waals surface area (Å²) in [6.07, 6.45) is 4.05. The smallest absolute Gasteiger partial charge is 0.241 e. The predicted octanol–water partition coefficient (Wildman–Crippen LogP) is 2.27. The lowest BCUT2D eigenvalue weighted by Gasteiger charge is -2.33. The highest BCUT2D eigenvalue weighted by atomic mass is 16.4. The maximum atomic E-state index is 13.2. The van der Waals surface area contributed by atoms with Crippen LogP contribution in [0.15, 0.2) is 29.4 Å². The van der Waals surface area contributed by atoms with Crippen molar-refractivity contribution in [2.45, 2.75) is 45.1 Å². The summed E-state index contributed by atoms with van der Waals surface area (Å²) in [4.78, 5) is 15.0. The van der Waals surface area contributed by atoms with Gasteiger partial charge in [-0.1, -0.05) is 36.2 Å². The second-order valence-corrected chi connectivity index (χ2v) is 6.13. The summed E-state index contributed by atoms with van der Waals surface area (Å²) >= 11 is 0. The standard InChI is InChI=1S/C16H21N3O2/c1-11-10-12-6-2-3-7-13(12)19(11)15(20)16(14(17)18-21)8-4-5-9-16/h2-3,6-7,11,21H,4-5,8-10H2,1H3,(H2,17,18). The van der Waals surface area contributed by atoms with E-state index < -0.39 is 5.41 Å². The van der Waals surface area contributed by atoms with E-state index in [9.17, 15) is 4.79 Å². The fourth-order valence-electron chi connectivity index (χ4n) is 3.76. The summed E-state index contributed by atoms with van der Waals surface area (Å²) in [7, 11) is 0. The Balaban J connectivity index is 2.01. The van der Waals surface area contributed by atoms with Crippen molar-refractivity contribution in [3.63, 3.8) is 0 Å². The monoisotopic (exact) mass is 287 g/mol. The summed E-state index contributed by atoms with van der Waals surface area (Å²) in [6, 6.07) is 8.09. The van der Waals surface area contributed by atoms with E-state index in [0.717, 1.165) is 24.9 Å². The number of para-hydroxylation sites is 1. The van der Waals surface area contributed by atoms with Crippen molar-refractivity contribution in [3.05, 3.63) is 29.8 Å². The zero-order chi connectivity index (χ0) is 15.0. The van der Waals surface area contributed by atoms with Gasteiger partial charge in [0.2, 0.25) is 5.91 Å². The summed E-state index contributed by atoms with van der Waals surface area (Å²) in [6.45, 7) is 2.05. The molecule has 0 spiro atoms. The molecule has 1 fully saturated rings. The highest BCUT2D eigenvalue weighted by molar-refractivity contribution is 6.14. The molecule has 1 heterocycles. The normalized spacial score (nSPS) is 24.1. The molecule has 1 aliphatic carbocycles. The minimum atomic E-state index is -0.833. The van der Waals surface area contributed by atoms with Crippen LogP contribution in [0, 0.1) is 5.41 Å². The molecule has 1 saturated carbocycles. The summed E-state index contributed by atoms with van der Waals surface area (Å²) in [5.74, 6) is 0.0364. The van der Waals surface area contributed by atoms with Crippen molar-refractivity contribution >= 4 is 17.4 Å². The van der Waals surface area contributed by atoms with Crippen LogP contribution in [0.3, 0.4) is 0 Å². The lowest BCUT2D eigenvalue weighted by atomic mass is 9.83. The van der Waals surface area contributed by atoms with Crippen LogP contribution in [-0.2, 0) is 11.2 Å². The van der Waals surface area contributed by atoms with Gasteiger partial charge in [0.25, 0.3) is 0 Å². The number of fused-ring (bicyclic) bond motifs is 1. The first kappa shape index (κ1) is 13.9. The maximum absolute atomic E-state index is 13.2. The molecular formula is C16H21N3O2. The highest BCUT2D eigenvalue weighted by Gasteiger charge is 2.49. The molecule has 1 aromatic rings. The van der Waals surface area contributed by atoms with E-state index in [4.69, 9.17) is 10.9 Å². The molecule has 2 aliphatic rings. The van der Waals surface area contributed by atoms with Crippen molar-refractivity contribution in [2.24, 2.45) is 16.3 Å². The molecule has 21 heavy (non-hydrogen) atoms. The highest BCUT2D eigenvalue weighted by Crippen LogP contribution is 2.43. The van der Waals surface area contributed by atoms with E-state index in [2.05, 4.69) is 11.2 Å². The summed E-state index contributed by atoms with van der Waals surface area (Å²) in [5.41, 5.74) is 7.22. The minimum absolute atomic E-state index is 0.0206. The third-order valence-corrected chi connectivity index (χ3v) is 4.89. The van der Waals surface area contributed by atoms with Gasteiger partial charge < -0.3 is 15.8 Å². The van der Waals surface area contributed by atoms with Crippen molar-refractivity contribution in [3.8, 4) is 0 Å². The SMILES string of the molecule is CC1Cc2ccccc2N1C(=O)C1(C(N)=NO)CCCC1. The lowest BCUT2D eigenvalue weighted by Crippen LogP contribution is -2.51. The largest absolute Gasteiger partial charge is 0.409 e. The lowest BCUT2D eigenvalue weighted by molar-refractivity contribution is -0.125. The Morgan fingerprint density at radius 3 is 2.71 bits per heavy atom. The molecule has 112 valence electrons. The Bertz CT molecular complexity index is 591. The van der Waals surface area contributed by atoms with Crippen molar-refractivity contribution in [2.75, 3.05) is 4.90 Å². The van der Waals surface area contributed by atoms with Crippen LogP contribution >= 0.6 is 0 Å². The van der Waals surface area contributed by atoms with E-state index in [1.54, 1.807) is 0 Å². The van der Waals surface area contributed by atoms with Gasteiger partial charge in [0.05, 0.1) is 0 Å². The molecule has 1 atom stereocenters. The molecule has 1 amide bonds. The Labute approximate surface area is 124 Å². The van der Waals surface area contributed by atoms with Crippen LogP contribution in [0.5, 0.6) is 0 Å². The third kappa shape index (κ3) is 1.99. The Hall–Kier alpha value is -2.04.